The number of rotatable bonds is 9. The van der Waals surface area contributed by atoms with Gasteiger partial charge < -0.3 is 14.2 Å². The average molecular weight is 441 g/mol. The van der Waals surface area contributed by atoms with Crippen LogP contribution in [0.4, 0.5) is 0 Å². The highest BCUT2D eigenvalue weighted by Gasteiger charge is 2.41. The van der Waals surface area contributed by atoms with Gasteiger partial charge in [-0.15, -0.1) is 11.6 Å². The van der Waals surface area contributed by atoms with Gasteiger partial charge in [0.05, 0.1) is 25.4 Å². The van der Waals surface area contributed by atoms with Crippen molar-refractivity contribution < 1.29 is 14.2 Å². The van der Waals surface area contributed by atoms with E-state index in [-0.39, 0.29) is 0 Å². The van der Waals surface area contributed by atoms with Gasteiger partial charge in [0, 0.05) is 18.6 Å². The molecular formula is C26H45ClO3. The molecule has 0 amide bonds. The van der Waals surface area contributed by atoms with Crippen LogP contribution in [0.15, 0.2) is 0 Å². The molecular weight excluding hydrogens is 396 g/mol. The maximum atomic E-state index is 6.57. The van der Waals surface area contributed by atoms with Gasteiger partial charge in [-0.05, 0) is 87.9 Å². The first-order valence-corrected chi connectivity index (χ1v) is 13.7. The lowest BCUT2D eigenvalue weighted by molar-refractivity contribution is -0.117. The minimum absolute atomic E-state index is 0.398. The summed E-state index contributed by atoms with van der Waals surface area (Å²) >= 11 is 6.21. The smallest absolute Gasteiger partial charge is 0.0704 e. The summed E-state index contributed by atoms with van der Waals surface area (Å²) in [6.45, 7) is 3.41. The van der Waals surface area contributed by atoms with Crippen molar-refractivity contribution >= 4 is 11.6 Å². The first kappa shape index (κ1) is 23.3. The highest BCUT2D eigenvalue weighted by molar-refractivity contribution is 6.20. The van der Waals surface area contributed by atoms with E-state index in [0.29, 0.717) is 29.4 Å². The Hall–Kier alpha value is 0.170. The second kappa shape index (κ2) is 12.4. The summed E-state index contributed by atoms with van der Waals surface area (Å²) < 4.78 is 18.9. The van der Waals surface area contributed by atoms with E-state index in [9.17, 15) is 0 Å². The molecule has 0 aliphatic heterocycles. The molecule has 174 valence electrons. The van der Waals surface area contributed by atoms with E-state index >= 15 is 0 Å². The zero-order chi connectivity index (χ0) is 20.6. The highest BCUT2D eigenvalue weighted by Crippen LogP contribution is 2.43. The molecule has 30 heavy (non-hydrogen) atoms. The van der Waals surface area contributed by atoms with Crippen LogP contribution in [0.1, 0.15) is 96.3 Å². The van der Waals surface area contributed by atoms with Gasteiger partial charge in [0.25, 0.3) is 0 Å². The summed E-state index contributed by atoms with van der Waals surface area (Å²) in [5, 5.41) is 0.398. The van der Waals surface area contributed by atoms with Gasteiger partial charge in [-0.25, -0.2) is 0 Å². The highest BCUT2D eigenvalue weighted by atomic mass is 35.5. The van der Waals surface area contributed by atoms with E-state index in [0.717, 1.165) is 51.1 Å². The third kappa shape index (κ3) is 6.83. The summed E-state index contributed by atoms with van der Waals surface area (Å²) in [7, 11) is 0. The number of halogens is 1. The zero-order valence-corrected chi connectivity index (χ0v) is 19.8. The molecule has 3 nitrogen and oxygen atoms in total. The van der Waals surface area contributed by atoms with Crippen LogP contribution >= 0.6 is 11.6 Å². The van der Waals surface area contributed by atoms with E-state index in [1.165, 1.54) is 83.5 Å². The Bertz CT molecular complexity index is 473. The molecule has 0 aromatic heterocycles. The number of hydrogen-bond donors (Lipinski definition) is 0. The Morgan fingerprint density at radius 3 is 1.87 bits per heavy atom. The van der Waals surface area contributed by atoms with Gasteiger partial charge in [0.15, 0.2) is 0 Å². The Morgan fingerprint density at radius 1 is 0.533 bits per heavy atom. The number of hydrogen-bond acceptors (Lipinski definition) is 3. The molecule has 4 fully saturated rings. The Labute approximate surface area is 189 Å². The monoisotopic (exact) mass is 440 g/mol. The Balaban J connectivity index is 1.15. The molecule has 4 atom stereocenters. The van der Waals surface area contributed by atoms with Crippen LogP contribution in [0.2, 0.25) is 0 Å². The number of ether oxygens (including phenoxy) is 3. The number of alkyl halides is 1. The van der Waals surface area contributed by atoms with E-state index in [2.05, 4.69) is 0 Å². The minimum atomic E-state index is 0.398. The van der Waals surface area contributed by atoms with E-state index < -0.39 is 0 Å². The standard InChI is InChI=1S/C26H45ClO3/c27-22-14-12-21(13-15-22)18-28-16-17-29-25-10-4-9-24-23(25)8-5-11-26(24)30-19-20-6-2-1-3-7-20/h20-26H,1-19H2. The maximum Gasteiger partial charge on any atom is 0.0704 e. The quantitative estimate of drug-likeness (QED) is 0.293. The lowest BCUT2D eigenvalue weighted by atomic mass is 9.68. The van der Waals surface area contributed by atoms with Gasteiger partial charge in [-0.3, -0.25) is 0 Å². The second-order valence-corrected chi connectivity index (χ2v) is 11.3. The van der Waals surface area contributed by atoms with Crippen LogP contribution in [-0.4, -0.2) is 44.0 Å². The van der Waals surface area contributed by atoms with Gasteiger partial charge in [0.2, 0.25) is 0 Å². The third-order valence-corrected chi connectivity index (χ3v) is 8.95. The molecule has 0 heterocycles. The summed E-state index contributed by atoms with van der Waals surface area (Å²) in [6.07, 6.45) is 20.5. The number of fused-ring (bicyclic) bond motifs is 1. The molecule has 4 saturated carbocycles. The summed E-state index contributed by atoms with van der Waals surface area (Å²) in [6, 6.07) is 0. The predicted octanol–water partition coefficient (Wildman–Crippen LogP) is 6.75. The fourth-order valence-electron chi connectivity index (χ4n) is 6.71. The molecule has 4 rings (SSSR count). The normalized spacial score (nSPS) is 38.3. The van der Waals surface area contributed by atoms with Crippen molar-refractivity contribution in [2.45, 2.75) is 114 Å². The topological polar surface area (TPSA) is 27.7 Å². The lowest BCUT2D eigenvalue weighted by Crippen LogP contribution is -2.44. The fourth-order valence-corrected chi connectivity index (χ4v) is 6.97. The van der Waals surface area contributed by atoms with Crippen LogP contribution in [0.25, 0.3) is 0 Å². The van der Waals surface area contributed by atoms with Crippen LogP contribution in [0.5, 0.6) is 0 Å². The first-order valence-electron chi connectivity index (χ1n) is 13.2. The summed E-state index contributed by atoms with van der Waals surface area (Å²) in [5.74, 6) is 2.97. The van der Waals surface area contributed by atoms with E-state index in [1.54, 1.807) is 0 Å². The Morgan fingerprint density at radius 2 is 1.17 bits per heavy atom. The average Bonchev–Trinajstić information content (AvgIpc) is 2.79. The van der Waals surface area contributed by atoms with E-state index in [1.807, 2.05) is 0 Å². The summed E-state index contributed by atoms with van der Waals surface area (Å²) in [5.41, 5.74) is 0. The van der Waals surface area contributed by atoms with Crippen molar-refractivity contribution in [3.63, 3.8) is 0 Å². The van der Waals surface area contributed by atoms with E-state index in [4.69, 9.17) is 25.8 Å². The van der Waals surface area contributed by atoms with Crippen molar-refractivity contribution in [2.24, 2.45) is 23.7 Å². The molecule has 0 radical (unpaired) electrons. The molecule has 4 aliphatic carbocycles. The minimum Gasteiger partial charge on any atom is -0.379 e. The Kier molecular flexibility index (Phi) is 9.66. The van der Waals surface area contributed by atoms with Crippen molar-refractivity contribution in [1.29, 1.82) is 0 Å². The van der Waals surface area contributed by atoms with Crippen molar-refractivity contribution in [3.8, 4) is 0 Å². The third-order valence-electron chi connectivity index (χ3n) is 8.52. The van der Waals surface area contributed by atoms with Crippen molar-refractivity contribution in [2.75, 3.05) is 26.4 Å². The second-order valence-electron chi connectivity index (χ2n) is 10.7. The SMILES string of the molecule is ClC1CCC(COCCOC2CCCC3C(OCC4CCCCC4)CCCC23)CC1. The van der Waals surface area contributed by atoms with Gasteiger partial charge in [-0.2, -0.15) is 0 Å². The zero-order valence-electron chi connectivity index (χ0n) is 19.1. The summed E-state index contributed by atoms with van der Waals surface area (Å²) in [4.78, 5) is 0. The van der Waals surface area contributed by atoms with Crippen LogP contribution < -0.4 is 0 Å². The van der Waals surface area contributed by atoms with Crippen molar-refractivity contribution in [1.82, 2.24) is 0 Å². The lowest BCUT2D eigenvalue weighted by Gasteiger charge is -2.45. The fraction of sp³-hybridized carbons (Fsp3) is 1.00. The molecule has 0 spiro atoms. The molecule has 4 unspecified atom stereocenters. The van der Waals surface area contributed by atoms with Crippen LogP contribution in [0, 0.1) is 23.7 Å². The molecule has 0 N–H and O–H groups in total. The largest absolute Gasteiger partial charge is 0.379 e. The van der Waals surface area contributed by atoms with Crippen molar-refractivity contribution in [3.05, 3.63) is 0 Å². The molecule has 0 bridgehead atoms. The van der Waals surface area contributed by atoms with Gasteiger partial charge in [-0.1, -0.05) is 32.1 Å². The van der Waals surface area contributed by atoms with Crippen LogP contribution in [0.3, 0.4) is 0 Å². The molecule has 0 aromatic rings. The molecule has 4 aliphatic rings. The predicted molar refractivity (Wildman–Crippen MR) is 123 cm³/mol. The molecule has 0 saturated heterocycles. The van der Waals surface area contributed by atoms with Crippen LogP contribution in [-0.2, 0) is 14.2 Å². The van der Waals surface area contributed by atoms with Gasteiger partial charge >= 0.3 is 0 Å². The molecule has 4 heteroatoms. The first-order chi connectivity index (χ1) is 14.8. The molecule has 0 aromatic carbocycles. The maximum absolute atomic E-state index is 6.57. The van der Waals surface area contributed by atoms with Gasteiger partial charge in [0.1, 0.15) is 0 Å².